The Labute approximate surface area is 116 Å². The second-order valence-electron chi connectivity index (χ2n) is 4.05. The topological polar surface area (TPSA) is 75.5 Å². The molecular weight excluding hydrogens is 270 g/mol. The molecule has 0 atom stereocenters. The average molecular weight is 286 g/mol. The lowest BCUT2D eigenvalue weighted by molar-refractivity contribution is -0.384. The van der Waals surface area contributed by atoms with Gasteiger partial charge >= 0.3 is 0 Å². The maximum Gasteiger partial charge on any atom is 0.288 e. The Kier molecular flexibility index (Phi) is 5.72. The molecule has 0 heterocycles. The van der Waals surface area contributed by atoms with E-state index in [2.05, 4.69) is 5.32 Å². The molecule has 0 saturated carbocycles. The molecule has 1 aromatic rings. The highest BCUT2D eigenvalue weighted by Crippen LogP contribution is 2.24. The van der Waals surface area contributed by atoms with Crippen LogP contribution in [0.15, 0.2) is 18.2 Å². The van der Waals surface area contributed by atoms with Crippen LogP contribution in [0.5, 0.6) is 0 Å². The first-order chi connectivity index (χ1) is 8.95. The predicted octanol–water partition coefficient (Wildman–Crippen LogP) is 1.82. The third-order valence-corrected chi connectivity index (χ3v) is 3.03. The number of carbonyl (C=O) groups is 1. The highest BCUT2D eigenvalue weighted by molar-refractivity contribution is 6.32. The molecule has 1 aromatic carbocycles. The number of likely N-dealkylation sites (N-methyl/N-ethyl adjacent to an activating group) is 1. The number of carbonyl (C=O) groups excluding carboxylic acids is 1. The van der Waals surface area contributed by atoms with E-state index in [0.29, 0.717) is 18.7 Å². The number of halogens is 1. The van der Waals surface area contributed by atoms with E-state index in [9.17, 15) is 14.9 Å². The molecule has 104 valence electrons. The largest absolute Gasteiger partial charge is 0.345 e. The third-order valence-electron chi connectivity index (χ3n) is 2.71. The van der Waals surface area contributed by atoms with Crippen molar-refractivity contribution in [2.75, 3.05) is 20.1 Å². The molecule has 19 heavy (non-hydrogen) atoms. The van der Waals surface area contributed by atoms with Crippen LogP contribution in [-0.2, 0) is 11.3 Å². The number of amides is 1. The quantitative estimate of drug-likeness (QED) is 0.639. The third kappa shape index (κ3) is 4.50. The van der Waals surface area contributed by atoms with Gasteiger partial charge in [0.25, 0.3) is 5.69 Å². The molecule has 0 aliphatic rings. The highest BCUT2D eigenvalue weighted by Gasteiger charge is 2.12. The molecule has 1 amide bonds. The number of hydrogen-bond acceptors (Lipinski definition) is 4. The van der Waals surface area contributed by atoms with Crippen LogP contribution in [0.25, 0.3) is 0 Å². The summed E-state index contributed by atoms with van der Waals surface area (Å²) in [4.78, 5) is 23.3. The maximum absolute atomic E-state index is 11.5. The van der Waals surface area contributed by atoms with Gasteiger partial charge in [-0.2, -0.15) is 0 Å². The minimum Gasteiger partial charge on any atom is -0.345 e. The molecule has 6 nitrogen and oxygen atoms in total. The summed E-state index contributed by atoms with van der Waals surface area (Å²) in [6.07, 6.45) is 0. The zero-order valence-electron chi connectivity index (χ0n) is 10.9. The van der Waals surface area contributed by atoms with E-state index in [1.165, 1.54) is 12.1 Å². The van der Waals surface area contributed by atoms with Gasteiger partial charge in [-0.3, -0.25) is 14.9 Å². The number of nitrogens with zero attached hydrogens (tertiary/aromatic N) is 2. The van der Waals surface area contributed by atoms with Crippen molar-refractivity contribution in [1.82, 2.24) is 10.2 Å². The average Bonchev–Trinajstić information content (AvgIpc) is 2.39. The van der Waals surface area contributed by atoms with Crippen LogP contribution in [0.1, 0.15) is 12.5 Å². The second kappa shape index (κ2) is 7.06. The predicted molar refractivity (Wildman–Crippen MR) is 73.1 cm³/mol. The van der Waals surface area contributed by atoms with Gasteiger partial charge in [0.2, 0.25) is 5.91 Å². The van der Waals surface area contributed by atoms with Crippen LogP contribution in [0.4, 0.5) is 5.69 Å². The van der Waals surface area contributed by atoms with Gasteiger partial charge < -0.3 is 10.2 Å². The van der Waals surface area contributed by atoms with Crippen LogP contribution in [0, 0.1) is 10.1 Å². The molecule has 0 radical (unpaired) electrons. The first-order valence-electron chi connectivity index (χ1n) is 5.83. The Morgan fingerprint density at radius 2 is 2.21 bits per heavy atom. The lowest BCUT2D eigenvalue weighted by Crippen LogP contribution is -2.35. The standard InChI is InChI=1S/C12H16ClN3O3/c1-3-15(2)12(17)8-14-7-9-4-5-10(13)11(6-9)16(18)19/h4-6,14H,3,7-8H2,1-2H3. The number of nitrogens with one attached hydrogen (secondary N) is 1. The minimum atomic E-state index is -0.526. The Bertz CT molecular complexity index is 479. The van der Waals surface area contributed by atoms with Gasteiger partial charge in [-0.05, 0) is 18.6 Å². The van der Waals surface area contributed by atoms with E-state index in [1.807, 2.05) is 6.92 Å². The van der Waals surface area contributed by atoms with Crippen LogP contribution in [-0.4, -0.2) is 35.9 Å². The molecule has 0 fully saturated rings. The lowest BCUT2D eigenvalue weighted by Gasteiger charge is -2.14. The van der Waals surface area contributed by atoms with Gasteiger partial charge in [0, 0.05) is 26.2 Å². The highest BCUT2D eigenvalue weighted by atomic mass is 35.5. The molecule has 0 spiro atoms. The van der Waals surface area contributed by atoms with E-state index in [1.54, 1.807) is 18.0 Å². The fraction of sp³-hybridized carbons (Fsp3) is 0.417. The first kappa shape index (κ1) is 15.4. The zero-order valence-corrected chi connectivity index (χ0v) is 11.6. The molecule has 1 N–H and O–H groups in total. The van der Waals surface area contributed by atoms with Gasteiger partial charge in [-0.25, -0.2) is 0 Å². The van der Waals surface area contributed by atoms with Crippen molar-refractivity contribution in [1.29, 1.82) is 0 Å². The smallest absolute Gasteiger partial charge is 0.288 e. The minimum absolute atomic E-state index is 0.0223. The van der Waals surface area contributed by atoms with Crippen LogP contribution < -0.4 is 5.32 Å². The fourth-order valence-electron chi connectivity index (χ4n) is 1.43. The molecule has 0 aliphatic carbocycles. The van der Waals surface area contributed by atoms with E-state index < -0.39 is 4.92 Å². The maximum atomic E-state index is 11.5. The Hall–Kier alpha value is -1.66. The summed E-state index contributed by atoms with van der Waals surface area (Å²) in [6, 6.07) is 4.58. The summed E-state index contributed by atoms with van der Waals surface area (Å²) in [5, 5.41) is 13.8. The lowest BCUT2D eigenvalue weighted by atomic mass is 10.2. The normalized spacial score (nSPS) is 10.3. The molecule has 0 unspecified atom stereocenters. The number of rotatable bonds is 6. The van der Waals surface area contributed by atoms with Crippen molar-refractivity contribution < 1.29 is 9.72 Å². The van der Waals surface area contributed by atoms with Gasteiger partial charge in [-0.1, -0.05) is 17.7 Å². The molecule has 0 aromatic heterocycles. The van der Waals surface area contributed by atoms with Crippen LogP contribution >= 0.6 is 11.6 Å². The van der Waals surface area contributed by atoms with Gasteiger partial charge in [0.05, 0.1) is 11.5 Å². The Morgan fingerprint density at radius 3 is 2.79 bits per heavy atom. The van der Waals surface area contributed by atoms with Crippen molar-refractivity contribution in [2.24, 2.45) is 0 Å². The second-order valence-corrected chi connectivity index (χ2v) is 4.46. The van der Waals surface area contributed by atoms with Crippen LogP contribution in [0.2, 0.25) is 5.02 Å². The van der Waals surface area contributed by atoms with Gasteiger partial charge in [0.15, 0.2) is 0 Å². The summed E-state index contributed by atoms with van der Waals surface area (Å²) in [6.45, 7) is 3.11. The van der Waals surface area contributed by atoms with Crippen molar-refractivity contribution in [3.05, 3.63) is 38.9 Å². The molecular formula is C12H16ClN3O3. The molecule has 7 heteroatoms. The fourth-order valence-corrected chi connectivity index (χ4v) is 1.62. The summed E-state index contributed by atoms with van der Waals surface area (Å²) >= 11 is 5.71. The Balaban J connectivity index is 2.57. The first-order valence-corrected chi connectivity index (χ1v) is 6.21. The molecule has 1 rings (SSSR count). The van der Waals surface area contributed by atoms with Crippen molar-refractivity contribution >= 4 is 23.2 Å². The number of nitro benzene ring substituents is 1. The van der Waals surface area contributed by atoms with E-state index >= 15 is 0 Å². The van der Waals surface area contributed by atoms with Crippen LogP contribution in [0.3, 0.4) is 0 Å². The Morgan fingerprint density at radius 1 is 1.53 bits per heavy atom. The van der Waals surface area contributed by atoms with Crippen molar-refractivity contribution in [3.8, 4) is 0 Å². The monoisotopic (exact) mass is 285 g/mol. The summed E-state index contributed by atoms with van der Waals surface area (Å²) in [7, 11) is 1.72. The number of nitro groups is 1. The summed E-state index contributed by atoms with van der Waals surface area (Å²) in [5.41, 5.74) is 0.584. The number of benzene rings is 1. The SMILES string of the molecule is CCN(C)C(=O)CNCc1ccc(Cl)c([N+](=O)[O-])c1. The van der Waals surface area contributed by atoms with E-state index in [-0.39, 0.29) is 23.2 Å². The molecule has 0 bridgehead atoms. The summed E-state index contributed by atoms with van der Waals surface area (Å²) in [5.74, 6) is -0.0223. The van der Waals surface area contributed by atoms with Gasteiger partial charge in [0.1, 0.15) is 5.02 Å². The van der Waals surface area contributed by atoms with E-state index in [0.717, 1.165) is 0 Å². The molecule has 0 saturated heterocycles. The zero-order chi connectivity index (χ0) is 14.4. The number of hydrogen-bond donors (Lipinski definition) is 1. The molecule has 0 aliphatic heterocycles. The van der Waals surface area contributed by atoms with Gasteiger partial charge in [-0.15, -0.1) is 0 Å². The summed E-state index contributed by atoms with van der Waals surface area (Å²) < 4.78 is 0. The van der Waals surface area contributed by atoms with Crippen molar-refractivity contribution in [3.63, 3.8) is 0 Å². The van der Waals surface area contributed by atoms with E-state index in [4.69, 9.17) is 11.6 Å². The van der Waals surface area contributed by atoms with Crippen molar-refractivity contribution in [2.45, 2.75) is 13.5 Å².